The van der Waals surface area contributed by atoms with Crippen LogP contribution in [-0.2, 0) is 16.1 Å². The van der Waals surface area contributed by atoms with Gasteiger partial charge in [-0.15, -0.1) is 0 Å². The van der Waals surface area contributed by atoms with Crippen LogP contribution >= 0.6 is 0 Å². The van der Waals surface area contributed by atoms with Crippen molar-refractivity contribution in [3.8, 4) is 11.5 Å². The fourth-order valence-corrected chi connectivity index (χ4v) is 3.55. The Labute approximate surface area is 182 Å². The van der Waals surface area contributed by atoms with Gasteiger partial charge in [0.25, 0.3) is 5.91 Å². The van der Waals surface area contributed by atoms with Crippen LogP contribution in [0.1, 0.15) is 30.9 Å². The predicted molar refractivity (Wildman–Crippen MR) is 115 cm³/mol. The molecule has 1 heterocycles. The Kier molecular flexibility index (Phi) is 7.87. The van der Waals surface area contributed by atoms with Gasteiger partial charge in [-0.3, -0.25) is 9.59 Å². The van der Waals surface area contributed by atoms with Gasteiger partial charge in [0.2, 0.25) is 5.91 Å². The van der Waals surface area contributed by atoms with Gasteiger partial charge in [-0.05, 0) is 56.0 Å². The Balaban J connectivity index is 1.42. The maximum absolute atomic E-state index is 13.6. The Hall–Kier alpha value is -3.09. The van der Waals surface area contributed by atoms with Gasteiger partial charge in [0, 0.05) is 25.6 Å². The number of nitrogens with one attached hydrogen (secondary N) is 1. The topological polar surface area (TPSA) is 67.9 Å². The molecule has 2 amide bonds. The molecule has 1 N–H and O–H groups in total. The van der Waals surface area contributed by atoms with Crippen molar-refractivity contribution in [2.24, 2.45) is 5.92 Å². The summed E-state index contributed by atoms with van der Waals surface area (Å²) in [6, 6.07) is 12.2. The van der Waals surface area contributed by atoms with Crippen LogP contribution in [0.5, 0.6) is 11.5 Å². The molecule has 1 saturated heterocycles. The number of para-hydroxylation sites is 2. The summed E-state index contributed by atoms with van der Waals surface area (Å²) in [4.78, 5) is 26.7. The van der Waals surface area contributed by atoms with E-state index in [4.69, 9.17) is 9.47 Å². The largest absolute Gasteiger partial charge is 0.490 e. The van der Waals surface area contributed by atoms with E-state index in [2.05, 4.69) is 5.32 Å². The van der Waals surface area contributed by atoms with Crippen LogP contribution in [0.2, 0.25) is 0 Å². The van der Waals surface area contributed by atoms with E-state index in [1.807, 2.05) is 25.1 Å². The summed E-state index contributed by atoms with van der Waals surface area (Å²) < 4.78 is 24.8. The van der Waals surface area contributed by atoms with E-state index in [-0.39, 0.29) is 30.2 Å². The molecule has 0 aromatic heterocycles. The maximum atomic E-state index is 13.6. The number of carbonyl (C=O) groups is 2. The van der Waals surface area contributed by atoms with E-state index >= 15 is 0 Å². The van der Waals surface area contributed by atoms with Crippen molar-refractivity contribution in [2.45, 2.75) is 33.2 Å². The lowest BCUT2D eigenvalue weighted by molar-refractivity contribution is -0.137. The van der Waals surface area contributed by atoms with Crippen molar-refractivity contribution in [2.75, 3.05) is 26.3 Å². The van der Waals surface area contributed by atoms with Gasteiger partial charge in [0.1, 0.15) is 5.82 Å². The number of hydrogen-bond acceptors (Lipinski definition) is 4. The molecule has 1 aliphatic rings. The third kappa shape index (κ3) is 6.20. The van der Waals surface area contributed by atoms with Crippen LogP contribution in [0, 0.1) is 18.7 Å². The standard InChI is InChI=1S/C24H29FN2O4/c1-3-30-21-6-4-5-7-22(21)31-16-23(28)27-12-10-19(11-13-27)24(29)26-15-18-9-8-17(2)20(25)14-18/h4-9,14,19H,3,10-13,15-16H2,1-2H3,(H,26,29). The Morgan fingerprint density at radius 2 is 1.77 bits per heavy atom. The summed E-state index contributed by atoms with van der Waals surface area (Å²) in [5, 5.41) is 2.88. The summed E-state index contributed by atoms with van der Waals surface area (Å²) in [6.45, 7) is 5.35. The third-order valence-corrected chi connectivity index (χ3v) is 5.42. The number of benzene rings is 2. The zero-order valence-corrected chi connectivity index (χ0v) is 18.0. The minimum atomic E-state index is -0.273. The van der Waals surface area contributed by atoms with Gasteiger partial charge >= 0.3 is 0 Å². The number of halogens is 1. The molecule has 7 heteroatoms. The summed E-state index contributed by atoms with van der Waals surface area (Å²) in [6.07, 6.45) is 1.19. The number of hydrogen-bond donors (Lipinski definition) is 1. The zero-order valence-electron chi connectivity index (χ0n) is 18.0. The van der Waals surface area contributed by atoms with Crippen molar-refractivity contribution >= 4 is 11.8 Å². The quantitative estimate of drug-likeness (QED) is 0.699. The van der Waals surface area contributed by atoms with Crippen molar-refractivity contribution in [3.63, 3.8) is 0 Å². The van der Waals surface area contributed by atoms with Crippen LogP contribution < -0.4 is 14.8 Å². The summed E-state index contributed by atoms with van der Waals surface area (Å²) in [5.41, 5.74) is 1.31. The Morgan fingerprint density at radius 1 is 1.10 bits per heavy atom. The first-order chi connectivity index (χ1) is 15.0. The molecule has 0 saturated carbocycles. The van der Waals surface area contributed by atoms with Crippen LogP contribution in [0.15, 0.2) is 42.5 Å². The lowest BCUT2D eigenvalue weighted by Crippen LogP contribution is -2.44. The van der Waals surface area contributed by atoms with E-state index in [1.165, 1.54) is 6.07 Å². The number of piperidine rings is 1. The minimum absolute atomic E-state index is 0.0602. The average Bonchev–Trinajstić information content (AvgIpc) is 2.79. The first kappa shape index (κ1) is 22.6. The van der Waals surface area contributed by atoms with E-state index in [9.17, 15) is 14.0 Å². The predicted octanol–water partition coefficient (Wildman–Crippen LogP) is 3.47. The molecule has 0 bridgehead atoms. The molecule has 31 heavy (non-hydrogen) atoms. The molecule has 0 atom stereocenters. The highest BCUT2D eigenvalue weighted by Crippen LogP contribution is 2.26. The third-order valence-electron chi connectivity index (χ3n) is 5.42. The highest BCUT2D eigenvalue weighted by molar-refractivity contribution is 5.80. The summed E-state index contributed by atoms with van der Waals surface area (Å²) in [5.74, 6) is 0.556. The van der Waals surface area contributed by atoms with Gasteiger partial charge in [-0.25, -0.2) is 4.39 Å². The van der Waals surface area contributed by atoms with Crippen LogP contribution in [0.3, 0.4) is 0 Å². The van der Waals surface area contributed by atoms with E-state index in [0.717, 1.165) is 5.56 Å². The first-order valence-electron chi connectivity index (χ1n) is 10.6. The van der Waals surface area contributed by atoms with E-state index < -0.39 is 0 Å². The lowest BCUT2D eigenvalue weighted by atomic mass is 9.95. The lowest BCUT2D eigenvalue weighted by Gasteiger charge is -2.31. The average molecular weight is 429 g/mol. The zero-order chi connectivity index (χ0) is 22.2. The highest BCUT2D eigenvalue weighted by Gasteiger charge is 2.27. The van der Waals surface area contributed by atoms with Crippen molar-refractivity contribution in [1.82, 2.24) is 10.2 Å². The number of rotatable bonds is 8. The van der Waals surface area contributed by atoms with Gasteiger partial charge in [-0.1, -0.05) is 24.3 Å². The Bertz CT molecular complexity index is 910. The van der Waals surface area contributed by atoms with Crippen LogP contribution in [-0.4, -0.2) is 43.0 Å². The molecular weight excluding hydrogens is 399 g/mol. The highest BCUT2D eigenvalue weighted by atomic mass is 19.1. The van der Waals surface area contributed by atoms with Gasteiger partial charge < -0.3 is 19.7 Å². The Morgan fingerprint density at radius 3 is 2.42 bits per heavy atom. The fourth-order valence-electron chi connectivity index (χ4n) is 3.55. The minimum Gasteiger partial charge on any atom is -0.490 e. The number of amides is 2. The molecule has 0 spiro atoms. The monoisotopic (exact) mass is 428 g/mol. The molecule has 1 aliphatic heterocycles. The molecule has 6 nitrogen and oxygen atoms in total. The first-order valence-corrected chi connectivity index (χ1v) is 10.6. The number of likely N-dealkylation sites (tertiary alicyclic amines) is 1. The van der Waals surface area contributed by atoms with Crippen molar-refractivity contribution in [1.29, 1.82) is 0 Å². The van der Waals surface area contributed by atoms with Gasteiger partial charge in [0.05, 0.1) is 6.61 Å². The molecule has 0 radical (unpaired) electrons. The van der Waals surface area contributed by atoms with Crippen LogP contribution in [0.25, 0.3) is 0 Å². The normalized spacial score (nSPS) is 14.2. The molecule has 0 unspecified atom stereocenters. The number of nitrogens with zero attached hydrogens (tertiary/aromatic N) is 1. The van der Waals surface area contributed by atoms with E-state index in [0.29, 0.717) is 56.1 Å². The fraction of sp³-hybridized carbons (Fsp3) is 0.417. The smallest absolute Gasteiger partial charge is 0.260 e. The molecule has 2 aromatic rings. The van der Waals surface area contributed by atoms with Crippen molar-refractivity contribution < 1.29 is 23.5 Å². The van der Waals surface area contributed by atoms with E-state index in [1.54, 1.807) is 30.0 Å². The SMILES string of the molecule is CCOc1ccccc1OCC(=O)N1CCC(C(=O)NCc2ccc(C)c(F)c2)CC1. The molecular formula is C24H29FN2O4. The molecule has 1 fully saturated rings. The van der Waals surface area contributed by atoms with Gasteiger partial charge in [-0.2, -0.15) is 0 Å². The second-order valence-corrected chi connectivity index (χ2v) is 7.62. The number of carbonyl (C=O) groups excluding carboxylic acids is 2. The van der Waals surface area contributed by atoms with Crippen LogP contribution in [0.4, 0.5) is 4.39 Å². The summed E-state index contributed by atoms with van der Waals surface area (Å²) in [7, 11) is 0. The molecule has 3 rings (SSSR count). The van der Waals surface area contributed by atoms with Crippen molar-refractivity contribution in [3.05, 3.63) is 59.4 Å². The maximum Gasteiger partial charge on any atom is 0.260 e. The summed E-state index contributed by atoms with van der Waals surface area (Å²) >= 11 is 0. The second kappa shape index (κ2) is 10.8. The number of ether oxygens (including phenoxy) is 2. The molecule has 166 valence electrons. The molecule has 2 aromatic carbocycles. The number of aryl methyl sites for hydroxylation is 1. The second-order valence-electron chi connectivity index (χ2n) is 7.62. The molecule has 0 aliphatic carbocycles. The van der Waals surface area contributed by atoms with Gasteiger partial charge in [0.15, 0.2) is 18.1 Å².